The van der Waals surface area contributed by atoms with Crippen LogP contribution in [0.2, 0.25) is 5.02 Å². The topological polar surface area (TPSA) is 62.5 Å². The first kappa shape index (κ1) is 17.7. The second kappa shape index (κ2) is 7.82. The molecule has 2 aromatic heterocycles. The number of rotatable bonds is 6. The van der Waals surface area contributed by atoms with E-state index in [0.717, 1.165) is 5.56 Å². The fourth-order valence-electron chi connectivity index (χ4n) is 2.33. The number of aliphatic hydroxyl groups excluding tert-OH is 1. The number of carbonyl (C=O) groups is 1. The van der Waals surface area contributed by atoms with Gasteiger partial charge in [-0.2, -0.15) is 11.3 Å². The van der Waals surface area contributed by atoms with Crippen molar-refractivity contribution in [3.63, 3.8) is 0 Å². The van der Waals surface area contributed by atoms with Crippen LogP contribution in [0.1, 0.15) is 17.4 Å². The molecule has 3 rings (SSSR count). The van der Waals surface area contributed by atoms with Gasteiger partial charge in [0.25, 0.3) is 0 Å². The molecule has 1 aromatic carbocycles. The Hall–Kier alpha value is -2.15. The average Bonchev–Trinajstić information content (AvgIpc) is 3.27. The number of aliphatic hydroxyl groups is 1. The molecule has 1 atom stereocenters. The highest BCUT2D eigenvalue weighted by molar-refractivity contribution is 7.08. The van der Waals surface area contributed by atoms with Gasteiger partial charge in [0.2, 0.25) is 5.91 Å². The lowest BCUT2D eigenvalue weighted by Crippen LogP contribution is -2.29. The summed E-state index contributed by atoms with van der Waals surface area (Å²) in [5, 5.41) is 16.8. The van der Waals surface area contributed by atoms with Crippen molar-refractivity contribution in [3.8, 4) is 11.3 Å². The van der Waals surface area contributed by atoms with Crippen LogP contribution in [0.4, 0.5) is 4.39 Å². The Labute approximate surface area is 152 Å². The molecule has 130 valence electrons. The quantitative estimate of drug-likeness (QED) is 0.675. The smallest absolute Gasteiger partial charge is 0.224 e. The lowest BCUT2D eigenvalue weighted by atomic mass is 10.1. The molecular formula is C18H15ClFNO3S. The number of hydrogen-bond donors (Lipinski definition) is 2. The molecule has 3 aromatic rings. The molecule has 25 heavy (non-hydrogen) atoms. The summed E-state index contributed by atoms with van der Waals surface area (Å²) in [6, 6.07) is 9.60. The zero-order valence-corrected chi connectivity index (χ0v) is 14.6. The third-order valence-corrected chi connectivity index (χ3v) is 4.69. The number of hydrogen-bond acceptors (Lipinski definition) is 4. The lowest BCUT2D eigenvalue weighted by molar-refractivity contribution is -0.121. The van der Waals surface area contributed by atoms with Crippen molar-refractivity contribution >= 4 is 28.8 Å². The molecule has 2 heterocycles. The Morgan fingerprint density at radius 2 is 2.16 bits per heavy atom. The number of benzene rings is 1. The van der Waals surface area contributed by atoms with Crippen molar-refractivity contribution in [1.82, 2.24) is 5.32 Å². The summed E-state index contributed by atoms with van der Waals surface area (Å²) < 4.78 is 19.3. The predicted octanol–water partition coefficient (Wildman–Crippen LogP) is 4.19. The van der Waals surface area contributed by atoms with Crippen molar-refractivity contribution in [1.29, 1.82) is 0 Å². The zero-order chi connectivity index (χ0) is 17.8. The van der Waals surface area contributed by atoms with Gasteiger partial charge in [-0.15, -0.1) is 0 Å². The van der Waals surface area contributed by atoms with Gasteiger partial charge in [-0.1, -0.05) is 17.7 Å². The van der Waals surface area contributed by atoms with E-state index < -0.39 is 17.8 Å². The summed E-state index contributed by atoms with van der Waals surface area (Å²) in [5.74, 6) is 0.0375. The molecule has 7 heteroatoms. The highest BCUT2D eigenvalue weighted by Crippen LogP contribution is 2.27. The summed E-state index contributed by atoms with van der Waals surface area (Å²) >= 11 is 7.45. The lowest BCUT2D eigenvalue weighted by Gasteiger charge is -2.10. The fourth-order valence-corrected chi connectivity index (χ4v) is 3.20. The molecule has 0 aliphatic heterocycles. The maximum Gasteiger partial charge on any atom is 0.224 e. The molecule has 0 radical (unpaired) electrons. The van der Waals surface area contributed by atoms with Gasteiger partial charge in [0.05, 0.1) is 13.0 Å². The van der Waals surface area contributed by atoms with E-state index in [1.807, 2.05) is 16.8 Å². The van der Waals surface area contributed by atoms with E-state index in [1.54, 1.807) is 23.5 Å². The van der Waals surface area contributed by atoms with Gasteiger partial charge >= 0.3 is 0 Å². The van der Waals surface area contributed by atoms with Crippen molar-refractivity contribution in [2.24, 2.45) is 0 Å². The number of halogens is 2. The Kier molecular flexibility index (Phi) is 5.53. The summed E-state index contributed by atoms with van der Waals surface area (Å²) in [4.78, 5) is 12.0. The number of carbonyl (C=O) groups excluding carboxylic acids is 1. The van der Waals surface area contributed by atoms with E-state index in [2.05, 4.69) is 5.32 Å². The molecule has 0 bridgehead atoms. The highest BCUT2D eigenvalue weighted by Gasteiger charge is 2.16. The van der Waals surface area contributed by atoms with Crippen LogP contribution in [-0.4, -0.2) is 17.6 Å². The molecule has 0 fully saturated rings. The van der Waals surface area contributed by atoms with Crippen LogP contribution in [0.15, 0.2) is 51.6 Å². The molecule has 0 aliphatic carbocycles. The third-order valence-electron chi connectivity index (χ3n) is 3.65. The second-order valence-electron chi connectivity index (χ2n) is 5.41. The first-order valence-electron chi connectivity index (χ1n) is 7.54. The van der Waals surface area contributed by atoms with Crippen molar-refractivity contribution < 1.29 is 18.7 Å². The number of furan rings is 1. The van der Waals surface area contributed by atoms with Gasteiger partial charge in [-0.3, -0.25) is 4.79 Å². The van der Waals surface area contributed by atoms with Crippen LogP contribution in [0.25, 0.3) is 11.3 Å². The Bertz CT molecular complexity index is 843. The third kappa shape index (κ3) is 4.28. The van der Waals surface area contributed by atoms with E-state index >= 15 is 0 Å². The molecule has 2 N–H and O–H groups in total. The minimum Gasteiger partial charge on any atom is -0.458 e. The molecule has 0 saturated carbocycles. The highest BCUT2D eigenvalue weighted by atomic mass is 35.5. The molecule has 0 saturated heterocycles. The van der Waals surface area contributed by atoms with Crippen molar-refractivity contribution in [2.75, 3.05) is 6.54 Å². The van der Waals surface area contributed by atoms with Gasteiger partial charge in [-0.25, -0.2) is 4.39 Å². The minimum absolute atomic E-state index is 0.0402. The monoisotopic (exact) mass is 379 g/mol. The van der Waals surface area contributed by atoms with Gasteiger partial charge < -0.3 is 14.8 Å². The van der Waals surface area contributed by atoms with Gasteiger partial charge in [0, 0.05) is 21.5 Å². The van der Waals surface area contributed by atoms with Crippen molar-refractivity contribution in [2.45, 2.75) is 12.5 Å². The largest absolute Gasteiger partial charge is 0.458 e. The van der Waals surface area contributed by atoms with Gasteiger partial charge in [0.15, 0.2) is 0 Å². The van der Waals surface area contributed by atoms with Crippen LogP contribution in [-0.2, 0) is 11.2 Å². The molecule has 0 spiro atoms. The van der Waals surface area contributed by atoms with Gasteiger partial charge in [-0.05, 0) is 35.7 Å². The first-order chi connectivity index (χ1) is 12.0. The molecule has 1 unspecified atom stereocenters. The van der Waals surface area contributed by atoms with E-state index in [1.165, 1.54) is 18.2 Å². The Morgan fingerprint density at radius 3 is 2.88 bits per heavy atom. The second-order valence-corrected chi connectivity index (χ2v) is 6.60. The standard InChI is InChI=1S/C18H15ClFNO3S/c19-13-2-1-3-14(20)12(13)8-18(23)21-9-15(22)17-5-4-16(24-17)11-6-7-25-10-11/h1-7,10,15,22H,8-9H2,(H,21,23). The molecule has 1 amide bonds. The van der Waals surface area contributed by atoms with Crippen molar-refractivity contribution in [3.05, 3.63) is 69.3 Å². The molecule has 4 nitrogen and oxygen atoms in total. The van der Waals surface area contributed by atoms with E-state index in [0.29, 0.717) is 11.5 Å². The SMILES string of the molecule is O=C(Cc1c(F)cccc1Cl)NCC(O)c1ccc(-c2ccsc2)o1. The van der Waals surface area contributed by atoms with Crippen LogP contribution >= 0.6 is 22.9 Å². The number of nitrogens with one attached hydrogen (secondary N) is 1. The van der Waals surface area contributed by atoms with E-state index in [9.17, 15) is 14.3 Å². The zero-order valence-electron chi connectivity index (χ0n) is 13.0. The molecular weight excluding hydrogens is 365 g/mol. The summed E-state index contributed by atoms with van der Waals surface area (Å²) in [7, 11) is 0. The summed E-state index contributed by atoms with van der Waals surface area (Å²) in [6.07, 6.45) is -1.19. The normalized spacial score (nSPS) is 12.1. The Morgan fingerprint density at radius 1 is 1.32 bits per heavy atom. The summed E-state index contributed by atoms with van der Waals surface area (Å²) in [5.41, 5.74) is 1.07. The van der Waals surface area contributed by atoms with E-state index in [-0.39, 0.29) is 23.6 Å². The maximum atomic E-state index is 13.7. The first-order valence-corrected chi connectivity index (χ1v) is 8.86. The molecule has 0 aliphatic rings. The minimum atomic E-state index is -0.993. The summed E-state index contributed by atoms with van der Waals surface area (Å²) in [6.45, 7) is -0.0402. The average molecular weight is 380 g/mol. The van der Waals surface area contributed by atoms with Crippen LogP contribution in [0.3, 0.4) is 0 Å². The van der Waals surface area contributed by atoms with E-state index in [4.69, 9.17) is 16.0 Å². The fraction of sp³-hybridized carbons (Fsp3) is 0.167. The van der Waals surface area contributed by atoms with Crippen LogP contribution in [0.5, 0.6) is 0 Å². The van der Waals surface area contributed by atoms with Crippen LogP contribution < -0.4 is 5.32 Å². The van der Waals surface area contributed by atoms with Gasteiger partial charge in [0.1, 0.15) is 23.4 Å². The van der Waals surface area contributed by atoms with Crippen LogP contribution in [0, 0.1) is 5.82 Å². The number of amides is 1. The maximum absolute atomic E-state index is 13.7. The predicted molar refractivity (Wildman–Crippen MR) is 95.1 cm³/mol. The number of thiophene rings is 1. The Balaban J connectivity index is 1.57.